The van der Waals surface area contributed by atoms with Crippen molar-refractivity contribution in [3.8, 4) is 0 Å². The molecule has 0 radical (unpaired) electrons. The van der Waals surface area contributed by atoms with Gasteiger partial charge in [0.1, 0.15) is 24.0 Å². The second-order valence-electron chi connectivity index (χ2n) is 32.1. The number of imide groups is 3. The first-order valence-corrected chi connectivity index (χ1v) is 42.3. The lowest BCUT2D eigenvalue weighted by Gasteiger charge is -2.22. The van der Waals surface area contributed by atoms with Gasteiger partial charge in [-0.1, -0.05) is 85.9 Å². The number of fused-ring (bicyclic) bond motifs is 3. The summed E-state index contributed by atoms with van der Waals surface area (Å²) in [6.07, 6.45) is 31.6. The summed E-state index contributed by atoms with van der Waals surface area (Å²) in [5.41, 5.74) is 15.1. The van der Waals surface area contributed by atoms with Gasteiger partial charge in [-0.15, -0.1) is 0 Å². The van der Waals surface area contributed by atoms with E-state index in [4.69, 9.17) is 28.4 Å². The van der Waals surface area contributed by atoms with Gasteiger partial charge in [0, 0.05) is 116 Å². The van der Waals surface area contributed by atoms with Gasteiger partial charge in [-0.25, -0.2) is 43.5 Å². The molecule has 14 rings (SSSR count). The number of aliphatic imine (C=N–C) groups is 1. The number of allylic oxidation sites excluding steroid dienone is 15. The Bertz CT molecular complexity index is 5500. The van der Waals surface area contributed by atoms with E-state index in [-0.39, 0.29) is 59.6 Å². The van der Waals surface area contributed by atoms with Gasteiger partial charge in [-0.05, 0) is 231 Å². The molecule has 11 aliphatic rings. The van der Waals surface area contributed by atoms with E-state index in [2.05, 4.69) is 52.8 Å². The average molecular weight is 1750 g/mol. The molecule has 1 aliphatic heterocycles. The lowest BCUT2D eigenvalue weighted by atomic mass is 9.92. The van der Waals surface area contributed by atoms with Crippen molar-refractivity contribution in [2.24, 2.45) is 22.7 Å². The average Bonchev–Trinajstić information content (AvgIpc) is 1.62. The van der Waals surface area contributed by atoms with Gasteiger partial charge in [0.15, 0.2) is 0 Å². The standard InChI is InChI=1S/C32H33N5O7.C31H34N4O7.C31H36N4O7/c1-18-9-10-22(29(39)36-27-8-5-13-33-27)15-26(18)35-25-7-4-6-21-14-24(19(2)28(21)25)30(40)37(23-11-12-23)32(42)44-17-43-31(41)20(3)34-16-38;1-17-7-8-21(28(37)33-22-9-10-22)14-26(17)34-25-6-4-5-20-13-24(18(2)27(20)25)29(38)35(23-11-12-23)31(40)42-16-41-30(39)19(3)32-15-36;1-5-13-32-28(37)22-10-9-18(2)26(15-22)34-25-8-6-7-21-14-24(19(3)27(21)25)29(38)35(23-11-12-23)31(40)42-17-41-30(39)20(4)33-16-36/h4-10,14-16,20-21,23,35H,11-13,17H2,1-3H3,(H,34,38)(H,33,36,39);4-8,13-15,19-20,22-23,34H,9-12,16H2,1-3H3,(H,32,36)(H,33,37);6-10,14-16,20-21,23,34H,5,11-13,17H2,1-4H3,(H,32,37)(H,33,36). The van der Waals surface area contributed by atoms with Crippen LogP contribution in [-0.4, -0.2) is 187 Å². The molecule has 10 aliphatic carbocycles. The Labute approximate surface area is 738 Å². The fourth-order valence-electron chi connectivity index (χ4n) is 14.7. The van der Waals surface area contributed by atoms with Gasteiger partial charge in [0.2, 0.25) is 39.6 Å². The van der Waals surface area contributed by atoms with Crippen molar-refractivity contribution in [3.63, 3.8) is 0 Å². The molecule has 0 spiro atoms. The number of nitrogens with one attached hydrogen (secondary N) is 9. The summed E-state index contributed by atoms with van der Waals surface area (Å²) >= 11 is 0. The molecule has 0 aromatic heterocycles. The summed E-state index contributed by atoms with van der Waals surface area (Å²) in [4.78, 5) is 193. The van der Waals surface area contributed by atoms with E-state index in [0.29, 0.717) is 116 Å². The minimum Gasteiger partial charge on any atom is -0.426 e. The third-order valence-electron chi connectivity index (χ3n) is 22.6. The molecule has 6 atom stereocenters. The number of hydrogen-bond donors (Lipinski definition) is 9. The summed E-state index contributed by atoms with van der Waals surface area (Å²) in [5.74, 6) is -4.34. The molecule has 9 N–H and O–H groups in total. The van der Waals surface area contributed by atoms with Crippen LogP contribution in [0.25, 0.3) is 0 Å². The largest absolute Gasteiger partial charge is 0.426 e. The van der Waals surface area contributed by atoms with Crippen LogP contribution in [0.3, 0.4) is 0 Å². The Morgan fingerprint density at radius 1 is 0.445 bits per heavy atom. The van der Waals surface area contributed by atoms with Crippen LogP contribution < -0.4 is 47.9 Å². The number of anilines is 3. The van der Waals surface area contributed by atoms with Crippen LogP contribution in [0.2, 0.25) is 0 Å². The van der Waals surface area contributed by atoms with Crippen molar-refractivity contribution in [1.29, 1.82) is 0 Å². The Morgan fingerprint density at radius 2 is 0.781 bits per heavy atom. The van der Waals surface area contributed by atoms with Crippen molar-refractivity contribution in [2.75, 3.05) is 49.4 Å². The molecule has 12 amide bonds. The van der Waals surface area contributed by atoms with Crippen LogP contribution in [0.1, 0.15) is 154 Å². The van der Waals surface area contributed by atoms with E-state index in [1.807, 2.05) is 164 Å². The smallest absolute Gasteiger partial charge is 0.419 e. The maximum Gasteiger partial charge on any atom is 0.419 e. The molecule has 34 nitrogen and oxygen atoms in total. The monoisotopic (exact) mass is 1750 g/mol. The highest BCUT2D eigenvalue weighted by Crippen LogP contribution is 2.46. The summed E-state index contributed by atoms with van der Waals surface area (Å²) in [5, 5.41) is 25.8. The third kappa shape index (κ3) is 22.7. The van der Waals surface area contributed by atoms with E-state index in [9.17, 15) is 71.9 Å². The number of amidine groups is 1. The van der Waals surface area contributed by atoms with Crippen molar-refractivity contribution < 1.29 is 100 Å². The molecule has 670 valence electrons. The molecular formula is C94H103N13O21. The molecule has 0 bridgehead atoms. The second-order valence-corrected chi connectivity index (χ2v) is 32.1. The van der Waals surface area contributed by atoms with Crippen molar-refractivity contribution in [3.05, 3.63) is 240 Å². The van der Waals surface area contributed by atoms with Gasteiger partial charge >= 0.3 is 36.2 Å². The minimum absolute atomic E-state index is 0.101. The predicted molar refractivity (Wildman–Crippen MR) is 469 cm³/mol. The second kappa shape index (κ2) is 41.9. The highest BCUT2D eigenvalue weighted by Gasteiger charge is 2.46. The Kier molecular flexibility index (Phi) is 30.3. The van der Waals surface area contributed by atoms with E-state index < -0.39 is 92.4 Å². The van der Waals surface area contributed by atoms with Crippen molar-refractivity contribution in [2.45, 2.75) is 169 Å². The topological polar surface area (TPSA) is 442 Å². The van der Waals surface area contributed by atoms with Gasteiger partial charge in [-0.2, -0.15) is 0 Å². The Balaban J connectivity index is 0.000000174. The molecule has 1 heterocycles. The van der Waals surface area contributed by atoms with Crippen LogP contribution in [0.15, 0.2) is 212 Å². The van der Waals surface area contributed by atoms with Gasteiger partial charge in [0.05, 0.1) is 6.54 Å². The Morgan fingerprint density at radius 3 is 1.09 bits per heavy atom. The first-order chi connectivity index (χ1) is 61.5. The zero-order chi connectivity index (χ0) is 91.7. The summed E-state index contributed by atoms with van der Waals surface area (Å²) in [6, 6.07) is 13.0. The first kappa shape index (κ1) is 92.6. The van der Waals surface area contributed by atoms with Crippen LogP contribution in [-0.2, 0) is 71.6 Å². The molecule has 4 saturated carbocycles. The number of ether oxygens (including phenoxy) is 6. The lowest BCUT2D eigenvalue weighted by Crippen LogP contribution is -2.41. The van der Waals surface area contributed by atoms with Crippen molar-refractivity contribution >= 4 is 114 Å². The van der Waals surface area contributed by atoms with E-state index in [1.165, 1.54) is 20.8 Å². The number of aryl methyl sites for hydroxylation is 3. The van der Waals surface area contributed by atoms with Crippen LogP contribution in [0.5, 0.6) is 0 Å². The minimum atomic E-state index is -0.913. The molecule has 6 unspecified atom stereocenters. The SMILES string of the molecule is CC1=C2C(Nc3cc(C(=O)NC4=NCC=C4)ccc3C)=CC=CC2C=C1C(=O)N(C(=O)OCOC(=O)C(C)NC=O)C1CC1.CC1=C2C(Nc3cc(C(=O)NC4CC4)ccc3C)=CC=CC2C=C1C(=O)N(C(=O)OCOC(=O)C(C)NC=O)C1CC1.CCCNC(=O)c1ccc(C)c(NC2=CC=CC3C=C(C(=O)N(C(=O)OCOC(=O)C(C)NC=O)C4CC4)C(C)=C23)c1. The van der Waals surface area contributed by atoms with E-state index in [0.717, 1.165) is 113 Å². The molecule has 4 fully saturated rings. The van der Waals surface area contributed by atoms with Gasteiger partial charge in [0.25, 0.3) is 35.4 Å². The number of carbonyl (C=O) groups is 15. The quantitative estimate of drug-likeness (QED) is 0.0118. The summed E-state index contributed by atoms with van der Waals surface area (Å²) < 4.78 is 30.0. The van der Waals surface area contributed by atoms with E-state index in [1.54, 1.807) is 24.3 Å². The van der Waals surface area contributed by atoms with Gasteiger partial charge < -0.3 is 76.3 Å². The van der Waals surface area contributed by atoms with Gasteiger partial charge in [-0.3, -0.25) is 48.1 Å². The van der Waals surface area contributed by atoms with E-state index >= 15 is 0 Å². The number of esters is 3. The highest BCUT2D eigenvalue weighted by atomic mass is 16.7. The number of rotatable bonds is 33. The molecule has 34 heteroatoms. The maximum atomic E-state index is 13.7. The lowest BCUT2D eigenvalue weighted by molar-refractivity contribution is -0.156. The third-order valence-corrected chi connectivity index (χ3v) is 22.6. The number of amides is 12. The van der Waals surface area contributed by atoms with Crippen LogP contribution in [0.4, 0.5) is 31.4 Å². The number of benzene rings is 3. The molecular weight excluding hydrogens is 1650 g/mol. The number of hydrogen-bond acceptors (Lipinski definition) is 25. The zero-order valence-electron chi connectivity index (χ0n) is 72.5. The summed E-state index contributed by atoms with van der Waals surface area (Å²) in [6.45, 7) is 16.7. The first-order valence-electron chi connectivity index (χ1n) is 42.3. The fourth-order valence-corrected chi connectivity index (χ4v) is 14.7. The number of nitrogens with zero attached hydrogens (tertiary/aromatic N) is 4. The molecule has 0 saturated heterocycles. The van der Waals surface area contributed by atoms with Crippen LogP contribution in [0, 0.1) is 38.5 Å². The van der Waals surface area contributed by atoms with Crippen molar-refractivity contribution in [1.82, 2.24) is 46.6 Å². The molecule has 128 heavy (non-hydrogen) atoms. The maximum absolute atomic E-state index is 13.7. The Hall–Kier alpha value is -14.6. The number of carbonyl (C=O) groups excluding carboxylic acids is 15. The van der Waals surface area contributed by atoms with Crippen LogP contribution >= 0.6 is 0 Å². The fraction of sp³-hybridized carbons (Fsp3) is 0.362. The normalized spacial score (nSPS) is 18.7. The predicted octanol–water partition coefficient (Wildman–Crippen LogP) is 10.2. The summed E-state index contributed by atoms with van der Waals surface area (Å²) in [7, 11) is 0. The molecule has 3 aromatic rings. The molecule has 3 aromatic carbocycles. The highest BCUT2D eigenvalue weighted by molar-refractivity contribution is 6.12. The zero-order valence-corrected chi connectivity index (χ0v) is 72.5.